The summed E-state index contributed by atoms with van der Waals surface area (Å²) in [5.41, 5.74) is -0.214. The molecule has 1 aliphatic heterocycles. The van der Waals surface area contributed by atoms with Gasteiger partial charge in [0, 0.05) is 19.5 Å². The number of likely N-dealkylation sites (tertiary alicyclic amines) is 1. The fourth-order valence-electron chi connectivity index (χ4n) is 5.09. The Bertz CT molecular complexity index is 872. The minimum atomic E-state index is -1.02. The molecule has 9 heteroatoms. The highest BCUT2D eigenvalue weighted by molar-refractivity contribution is 6.38. The zero-order chi connectivity index (χ0) is 27.6. The average Bonchev–Trinajstić information content (AvgIpc) is 3.54. The maximum atomic E-state index is 13.7. The first-order valence-corrected chi connectivity index (χ1v) is 13.4. The number of carbonyl (C=O) groups excluding carboxylic acids is 5. The highest BCUT2D eigenvalue weighted by atomic mass is 16.2. The second-order valence-corrected chi connectivity index (χ2v) is 11.3. The molecule has 1 unspecified atom stereocenters. The lowest BCUT2D eigenvalue weighted by molar-refractivity contribution is -0.144. The van der Waals surface area contributed by atoms with Gasteiger partial charge in [-0.2, -0.15) is 0 Å². The average molecular weight is 517 g/mol. The first kappa shape index (κ1) is 30.3. The molecule has 0 radical (unpaired) electrons. The maximum absolute atomic E-state index is 13.7. The van der Waals surface area contributed by atoms with E-state index in [9.17, 15) is 24.0 Å². The molecule has 4 amide bonds. The molecule has 0 bridgehead atoms. The van der Waals surface area contributed by atoms with Crippen LogP contribution in [0.1, 0.15) is 78.6 Å². The summed E-state index contributed by atoms with van der Waals surface area (Å²) in [6.45, 7) is 13.6. The summed E-state index contributed by atoms with van der Waals surface area (Å²) in [6, 6.07) is -2.45. The molecule has 0 aromatic carbocycles. The Morgan fingerprint density at radius 2 is 1.65 bits per heavy atom. The van der Waals surface area contributed by atoms with Crippen LogP contribution in [0, 0.1) is 11.3 Å². The minimum Gasteiger partial charge on any atom is -0.346 e. The van der Waals surface area contributed by atoms with Gasteiger partial charge in [-0.15, -0.1) is 13.2 Å². The SMILES string of the molecule is C=CCCC(NC(=O)[C@@H]1CCCN1C(=O)[C@@H](NC(=O)CC(C)(C)C)C1CCCC1)C(=O)C(=O)NCC=C. The molecule has 1 saturated carbocycles. The second-order valence-electron chi connectivity index (χ2n) is 11.3. The topological polar surface area (TPSA) is 125 Å². The maximum Gasteiger partial charge on any atom is 0.289 e. The van der Waals surface area contributed by atoms with Crippen molar-refractivity contribution < 1.29 is 24.0 Å². The predicted molar refractivity (Wildman–Crippen MR) is 142 cm³/mol. The third kappa shape index (κ3) is 9.13. The van der Waals surface area contributed by atoms with E-state index in [1.54, 1.807) is 11.0 Å². The summed E-state index contributed by atoms with van der Waals surface area (Å²) in [6.07, 6.45) is 8.86. The first-order valence-electron chi connectivity index (χ1n) is 13.4. The Balaban J connectivity index is 2.16. The Morgan fingerprint density at radius 3 is 2.24 bits per heavy atom. The van der Waals surface area contributed by atoms with Crippen LogP contribution in [0.2, 0.25) is 0 Å². The van der Waals surface area contributed by atoms with Gasteiger partial charge in [0.2, 0.25) is 23.5 Å². The van der Waals surface area contributed by atoms with Crippen LogP contribution in [0.15, 0.2) is 25.3 Å². The number of hydrogen-bond donors (Lipinski definition) is 3. The molecular formula is C28H44N4O5. The molecule has 1 aliphatic carbocycles. The van der Waals surface area contributed by atoms with E-state index >= 15 is 0 Å². The van der Waals surface area contributed by atoms with Crippen molar-refractivity contribution in [2.75, 3.05) is 13.1 Å². The van der Waals surface area contributed by atoms with E-state index in [0.717, 1.165) is 25.7 Å². The van der Waals surface area contributed by atoms with Crippen LogP contribution >= 0.6 is 0 Å². The van der Waals surface area contributed by atoms with Crippen LogP contribution in [0.4, 0.5) is 0 Å². The number of hydrogen-bond acceptors (Lipinski definition) is 5. The number of ketones is 1. The van der Waals surface area contributed by atoms with Crippen molar-refractivity contribution in [2.24, 2.45) is 11.3 Å². The van der Waals surface area contributed by atoms with Crippen molar-refractivity contribution in [3.05, 3.63) is 25.3 Å². The van der Waals surface area contributed by atoms with Crippen LogP contribution in [-0.4, -0.2) is 65.5 Å². The predicted octanol–water partition coefficient (Wildman–Crippen LogP) is 2.41. The van der Waals surface area contributed by atoms with E-state index in [4.69, 9.17) is 0 Å². The van der Waals surface area contributed by atoms with Gasteiger partial charge in [-0.3, -0.25) is 24.0 Å². The molecular weight excluding hydrogens is 472 g/mol. The molecule has 1 saturated heterocycles. The first-order chi connectivity index (χ1) is 17.5. The van der Waals surface area contributed by atoms with E-state index in [2.05, 4.69) is 29.1 Å². The Kier molecular flexibility index (Phi) is 11.5. The fourth-order valence-corrected chi connectivity index (χ4v) is 5.09. The third-order valence-electron chi connectivity index (χ3n) is 6.91. The second kappa shape index (κ2) is 14.1. The van der Waals surface area contributed by atoms with Crippen molar-refractivity contribution in [1.82, 2.24) is 20.9 Å². The highest BCUT2D eigenvalue weighted by Gasteiger charge is 2.42. The van der Waals surface area contributed by atoms with Gasteiger partial charge in [-0.05, 0) is 49.9 Å². The molecule has 1 heterocycles. The van der Waals surface area contributed by atoms with Gasteiger partial charge in [-0.25, -0.2) is 0 Å². The molecule has 206 valence electrons. The van der Waals surface area contributed by atoms with Gasteiger partial charge in [0.1, 0.15) is 12.1 Å². The lowest BCUT2D eigenvalue weighted by atomic mass is 9.90. The van der Waals surface area contributed by atoms with Crippen molar-refractivity contribution in [1.29, 1.82) is 0 Å². The van der Waals surface area contributed by atoms with Gasteiger partial charge in [0.05, 0.1) is 6.04 Å². The molecule has 0 aromatic rings. The fraction of sp³-hybridized carbons (Fsp3) is 0.679. The van der Waals surface area contributed by atoms with E-state index in [0.29, 0.717) is 32.2 Å². The smallest absolute Gasteiger partial charge is 0.289 e. The summed E-state index contributed by atoms with van der Waals surface area (Å²) >= 11 is 0. The number of nitrogens with zero attached hydrogens (tertiary/aromatic N) is 1. The van der Waals surface area contributed by atoms with Crippen LogP contribution in [0.25, 0.3) is 0 Å². The Morgan fingerprint density at radius 1 is 0.973 bits per heavy atom. The monoisotopic (exact) mass is 516 g/mol. The quantitative estimate of drug-likeness (QED) is 0.256. The molecule has 3 atom stereocenters. The Labute approximate surface area is 220 Å². The van der Waals surface area contributed by atoms with Crippen LogP contribution in [-0.2, 0) is 24.0 Å². The zero-order valence-corrected chi connectivity index (χ0v) is 22.6. The summed E-state index contributed by atoms with van der Waals surface area (Å²) in [4.78, 5) is 66.3. The van der Waals surface area contributed by atoms with Crippen LogP contribution < -0.4 is 16.0 Å². The number of carbonyl (C=O) groups is 5. The van der Waals surface area contributed by atoms with Gasteiger partial charge < -0.3 is 20.9 Å². The lowest BCUT2D eigenvalue weighted by Gasteiger charge is -2.32. The zero-order valence-electron chi connectivity index (χ0n) is 22.6. The van der Waals surface area contributed by atoms with Gasteiger partial charge in [0.15, 0.2) is 0 Å². The standard InChI is InChI=1S/C28H44N4O5/c1-6-8-14-20(24(34)26(36)29-16-7-2)30-25(35)21-15-11-17-32(21)27(37)23(19-12-9-10-13-19)31-22(33)18-28(3,4)5/h6-7,19-21,23H,1-2,8-18H2,3-5H3,(H,29,36)(H,30,35)(H,31,33)/t20?,21-,23-/m0/s1. The van der Waals surface area contributed by atoms with Gasteiger partial charge >= 0.3 is 0 Å². The number of allylic oxidation sites excluding steroid dienone is 1. The number of amides is 4. The lowest BCUT2D eigenvalue weighted by Crippen LogP contribution is -2.57. The summed E-state index contributed by atoms with van der Waals surface area (Å²) < 4.78 is 0. The van der Waals surface area contributed by atoms with Crippen molar-refractivity contribution in [3.63, 3.8) is 0 Å². The minimum absolute atomic E-state index is 0.0382. The number of Topliss-reactive ketones (excluding diaryl/α,β-unsaturated/α-hetero) is 1. The molecule has 0 aromatic heterocycles. The van der Waals surface area contributed by atoms with E-state index < -0.39 is 35.7 Å². The molecule has 9 nitrogen and oxygen atoms in total. The van der Waals surface area contributed by atoms with Gasteiger partial charge in [-0.1, -0.05) is 45.8 Å². The molecule has 37 heavy (non-hydrogen) atoms. The largest absolute Gasteiger partial charge is 0.346 e. The van der Waals surface area contributed by atoms with Crippen molar-refractivity contribution in [3.8, 4) is 0 Å². The van der Waals surface area contributed by atoms with E-state index in [1.807, 2.05) is 20.8 Å². The Hall–Kier alpha value is -2.97. The van der Waals surface area contributed by atoms with Crippen LogP contribution in [0.5, 0.6) is 0 Å². The normalized spacial score (nSPS) is 19.5. The molecule has 2 rings (SSSR count). The van der Waals surface area contributed by atoms with E-state index in [-0.39, 0.29) is 36.1 Å². The number of nitrogens with one attached hydrogen (secondary N) is 3. The highest BCUT2D eigenvalue weighted by Crippen LogP contribution is 2.31. The molecule has 2 fully saturated rings. The van der Waals surface area contributed by atoms with Crippen LogP contribution in [0.3, 0.4) is 0 Å². The van der Waals surface area contributed by atoms with Crippen molar-refractivity contribution >= 4 is 29.4 Å². The summed E-state index contributed by atoms with van der Waals surface area (Å²) in [5, 5.41) is 8.15. The summed E-state index contributed by atoms with van der Waals surface area (Å²) in [5.74, 6) is -2.38. The molecule has 0 spiro atoms. The molecule has 2 aliphatic rings. The third-order valence-corrected chi connectivity index (χ3v) is 6.91. The number of rotatable bonds is 13. The van der Waals surface area contributed by atoms with E-state index in [1.165, 1.54) is 6.08 Å². The van der Waals surface area contributed by atoms with Crippen molar-refractivity contribution in [2.45, 2.75) is 96.7 Å². The van der Waals surface area contributed by atoms with Gasteiger partial charge in [0.25, 0.3) is 5.91 Å². The molecule has 3 N–H and O–H groups in total. The summed E-state index contributed by atoms with van der Waals surface area (Å²) in [7, 11) is 0.